The zero-order valence-corrected chi connectivity index (χ0v) is 22.1. The van der Waals surface area contributed by atoms with Crippen LogP contribution in [0.15, 0.2) is 60.7 Å². The van der Waals surface area contributed by atoms with Crippen molar-refractivity contribution in [3.63, 3.8) is 0 Å². The predicted molar refractivity (Wildman–Crippen MR) is 145 cm³/mol. The molecule has 4 N–H and O–H groups in total. The van der Waals surface area contributed by atoms with Gasteiger partial charge in [-0.15, -0.1) is 0 Å². The lowest BCUT2D eigenvalue weighted by Gasteiger charge is -2.40. The van der Waals surface area contributed by atoms with Crippen molar-refractivity contribution in [1.82, 2.24) is 5.32 Å². The van der Waals surface area contributed by atoms with Gasteiger partial charge in [0.1, 0.15) is 23.8 Å². The van der Waals surface area contributed by atoms with Gasteiger partial charge in [-0.1, -0.05) is 18.2 Å². The minimum absolute atomic E-state index is 0.0248. The Morgan fingerprint density at radius 1 is 1.05 bits per heavy atom. The Balaban J connectivity index is 1.24. The number of nitrogens with two attached hydrogens (primary N) is 1. The van der Waals surface area contributed by atoms with Crippen LogP contribution in [0.5, 0.6) is 11.5 Å². The second-order valence-corrected chi connectivity index (χ2v) is 9.53. The van der Waals surface area contributed by atoms with Crippen LogP contribution in [-0.4, -0.2) is 50.6 Å². The van der Waals surface area contributed by atoms with Crippen molar-refractivity contribution in [2.24, 2.45) is 0 Å². The standard InChI is InChI=1S/C29H32N4O6/c1-37-23-9-7-20(27(16-23)38-2)17-30-28(34)19-8-10-26(24(15-19)31-36)32-13-11-22(12-14-32)33-25-6-4-3-5-21(25)18-39-29(33)35/h3-10,15-16,22,31,36H,11-14,17-18H2,1-2H3,(H,30,34)/p+1. The van der Waals surface area contributed by atoms with Crippen LogP contribution in [0, 0.1) is 0 Å². The first kappa shape index (κ1) is 26.3. The molecule has 3 aromatic carbocycles. The number of amides is 2. The van der Waals surface area contributed by atoms with E-state index in [2.05, 4.69) is 10.2 Å². The van der Waals surface area contributed by atoms with Crippen LogP contribution in [-0.2, 0) is 17.9 Å². The van der Waals surface area contributed by atoms with Crippen molar-refractivity contribution in [1.29, 1.82) is 0 Å². The third-order valence-corrected chi connectivity index (χ3v) is 7.33. The van der Waals surface area contributed by atoms with Crippen molar-refractivity contribution >= 4 is 29.1 Å². The molecule has 10 heteroatoms. The molecule has 0 spiro atoms. The number of para-hydroxylation sites is 1. The number of carbonyl (C=O) groups excluding carboxylic acids is 2. The molecule has 2 amide bonds. The van der Waals surface area contributed by atoms with Gasteiger partial charge in [0, 0.05) is 54.5 Å². The molecule has 0 unspecified atom stereocenters. The van der Waals surface area contributed by atoms with Gasteiger partial charge in [0.25, 0.3) is 5.91 Å². The lowest BCUT2D eigenvalue weighted by Crippen LogP contribution is -2.74. The minimum Gasteiger partial charge on any atom is -0.497 e. The molecule has 3 aromatic rings. The SMILES string of the molecule is COc1ccc(CNC(=O)c2ccc(N3CCC(N4C(=O)OCc5ccccc54)CC3)c([NH2+]O)c2)c(OC)c1. The summed E-state index contributed by atoms with van der Waals surface area (Å²) in [6.07, 6.45) is 1.19. The first-order valence-corrected chi connectivity index (χ1v) is 12.9. The highest BCUT2D eigenvalue weighted by atomic mass is 16.6. The summed E-state index contributed by atoms with van der Waals surface area (Å²) in [5.41, 5.74) is 5.62. The van der Waals surface area contributed by atoms with Gasteiger partial charge < -0.3 is 24.4 Å². The molecule has 0 aromatic heterocycles. The van der Waals surface area contributed by atoms with Crippen LogP contribution in [0.1, 0.15) is 34.3 Å². The normalized spacial score (nSPS) is 15.4. The summed E-state index contributed by atoms with van der Waals surface area (Å²) in [5, 5.41) is 12.9. The number of nitrogens with one attached hydrogen (secondary N) is 1. The van der Waals surface area contributed by atoms with E-state index in [4.69, 9.17) is 14.2 Å². The lowest BCUT2D eigenvalue weighted by atomic mass is 9.99. The summed E-state index contributed by atoms with van der Waals surface area (Å²) < 4.78 is 16.0. The van der Waals surface area contributed by atoms with Crippen molar-refractivity contribution < 1.29 is 34.5 Å². The highest BCUT2D eigenvalue weighted by Crippen LogP contribution is 2.34. The van der Waals surface area contributed by atoms with Crippen molar-refractivity contribution in [2.75, 3.05) is 37.1 Å². The maximum Gasteiger partial charge on any atom is 0.414 e. The van der Waals surface area contributed by atoms with Crippen LogP contribution >= 0.6 is 0 Å². The second-order valence-electron chi connectivity index (χ2n) is 9.53. The number of ether oxygens (including phenoxy) is 3. The molecule has 5 rings (SSSR count). The Morgan fingerprint density at radius 2 is 1.85 bits per heavy atom. The van der Waals surface area contributed by atoms with E-state index in [-0.39, 0.29) is 24.6 Å². The molecular formula is C29H33N4O6+. The van der Waals surface area contributed by atoms with Gasteiger partial charge in [0.05, 0.1) is 19.9 Å². The fourth-order valence-corrected chi connectivity index (χ4v) is 5.25. The number of fused-ring (bicyclic) bond motifs is 1. The number of benzene rings is 3. The van der Waals surface area contributed by atoms with E-state index in [1.54, 1.807) is 37.3 Å². The number of methoxy groups -OCH3 is 2. The molecule has 2 aliphatic rings. The van der Waals surface area contributed by atoms with Crippen LogP contribution in [0.25, 0.3) is 0 Å². The van der Waals surface area contributed by atoms with Crippen LogP contribution < -0.4 is 30.1 Å². The topological polar surface area (TPSA) is 117 Å². The Labute approximate surface area is 227 Å². The van der Waals surface area contributed by atoms with Gasteiger partial charge in [-0.3, -0.25) is 9.69 Å². The number of hydrogen-bond donors (Lipinski definition) is 3. The third-order valence-electron chi connectivity index (χ3n) is 7.33. The molecule has 204 valence electrons. The Morgan fingerprint density at radius 3 is 2.59 bits per heavy atom. The van der Waals surface area contributed by atoms with Crippen molar-refractivity contribution in [2.45, 2.75) is 32.0 Å². The Bertz CT molecular complexity index is 1360. The summed E-state index contributed by atoms with van der Waals surface area (Å²) in [4.78, 5) is 29.5. The van der Waals surface area contributed by atoms with E-state index in [9.17, 15) is 14.8 Å². The Kier molecular flexibility index (Phi) is 7.85. The van der Waals surface area contributed by atoms with Gasteiger partial charge in [-0.25, -0.2) is 10.0 Å². The Hall–Kier alpha value is -4.28. The third kappa shape index (κ3) is 5.47. The van der Waals surface area contributed by atoms with E-state index in [0.29, 0.717) is 42.4 Å². The molecular weight excluding hydrogens is 500 g/mol. The molecule has 0 radical (unpaired) electrons. The van der Waals surface area contributed by atoms with Crippen LogP contribution in [0.2, 0.25) is 0 Å². The van der Waals surface area contributed by atoms with Crippen LogP contribution in [0.4, 0.5) is 21.9 Å². The number of piperidine rings is 1. The zero-order valence-electron chi connectivity index (χ0n) is 22.1. The van der Waals surface area contributed by atoms with E-state index in [1.165, 1.54) is 0 Å². The van der Waals surface area contributed by atoms with Gasteiger partial charge in [-0.2, -0.15) is 5.48 Å². The summed E-state index contributed by atoms with van der Waals surface area (Å²) >= 11 is 0. The quantitative estimate of drug-likeness (QED) is 0.300. The number of anilines is 2. The van der Waals surface area contributed by atoms with E-state index in [0.717, 1.165) is 40.8 Å². The number of cyclic esters (lactones) is 1. The van der Waals surface area contributed by atoms with Gasteiger partial charge >= 0.3 is 6.09 Å². The fraction of sp³-hybridized carbons (Fsp3) is 0.310. The molecule has 0 bridgehead atoms. The molecule has 1 fully saturated rings. The number of hydrogen-bond acceptors (Lipinski definition) is 7. The monoisotopic (exact) mass is 533 g/mol. The molecule has 2 aliphatic heterocycles. The largest absolute Gasteiger partial charge is 0.497 e. The second kappa shape index (κ2) is 11.6. The summed E-state index contributed by atoms with van der Waals surface area (Å²) in [5.74, 6) is 1.04. The molecule has 10 nitrogen and oxygen atoms in total. The maximum atomic E-state index is 12.9. The number of nitrogens with zero attached hydrogens (tertiary/aromatic N) is 2. The summed E-state index contributed by atoms with van der Waals surface area (Å²) in [6.45, 7) is 1.97. The van der Waals surface area contributed by atoms with E-state index < -0.39 is 0 Å². The number of carbonyl (C=O) groups is 2. The molecule has 0 saturated carbocycles. The fourth-order valence-electron chi connectivity index (χ4n) is 5.25. The molecule has 2 heterocycles. The number of quaternary nitrogens is 1. The van der Waals surface area contributed by atoms with E-state index in [1.807, 2.05) is 42.5 Å². The first-order valence-electron chi connectivity index (χ1n) is 12.9. The summed E-state index contributed by atoms with van der Waals surface area (Å²) in [6, 6.07) is 18.6. The zero-order chi connectivity index (χ0) is 27.4. The lowest BCUT2D eigenvalue weighted by molar-refractivity contribution is -0.825. The smallest absolute Gasteiger partial charge is 0.414 e. The molecule has 1 saturated heterocycles. The van der Waals surface area contributed by atoms with Crippen molar-refractivity contribution in [3.05, 3.63) is 77.4 Å². The summed E-state index contributed by atoms with van der Waals surface area (Å²) in [7, 11) is 3.16. The first-order chi connectivity index (χ1) is 19.0. The molecule has 0 atom stereocenters. The van der Waals surface area contributed by atoms with Gasteiger partial charge in [0.2, 0.25) is 0 Å². The molecule has 0 aliphatic carbocycles. The highest BCUT2D eigenvalue weighted by Gasteiger charge is 2.34. The van der Waals surface area contributed by atoms with Gasteiger partial charge in [0.15, 0.2) is 5.69 Å². The number of rotatable bonds is 8. The average Bonchev–Trinajstić information content (AvgIpc) is 2.99. The predicted octanol–water partition coefficient (Wildman–Crippen LogP) is 3.34. The minimum atomic E-state index is -0.306. The van der Waals surface area contributed by atoms with Gasteiger partial charge in [-0.05, 0) is 43.2 Å². The average molecular weight is 534 g/mol. The highest BCUT2D eigenvalue weighted by molar-refractivity contribution is 5.95. The maximum absolute atomic E-state index is 12.9. The van der Waals surface area contributed by atoms with Crippen LogP contribution in [0.3, 0.4) is 0 Å². The molecule has 39 heavy (non-hydrogen) atoms. The van der Waals surface area contributed by atoms with E-state index >= 15 is 0 Å². The van der Waals surface area contributed by atoms with Crippen molar-refractivity contribution in [3.8, 4) is 11.5 Å².